The highest BCUT2D eigenvalue weighted by atomic mass is 16.5. The van der Waals surface area contributed by atoms with Crippen molar-refractivity contribution in [3.05, 3.63) is 87.5 Å². The number of ether oxygens (including phenoxy) is 3. The van der Waals surface area contributed by atoms with E-state index in [9.17, 15) is 9.59 Å². The second kappa shape index (κ2) is 11.1. The van der Waals surface area contributed by atoms with Crippen molar-refractivity contribution in [2.24, 2.45) is 0 Å². The van der Waals surface area contributed by atoms with Crippen LogP contribution >= 0.6 is 0 Å². The zero-order valence-corrected chi connectivity index (χ0v) is 20.3. The Balaban J connectivity index is 1.33. The normalized spacial score (nSPS) is 13.1. The number of fused-ring (bicyclic) bond motifs is 1. The molecule has 0 aliphatic carbocycles. The number of carbonyl (C=O) groups is 1. The Labute approximate surface area is 204 Å². The van der Waals surface area contributed by atoms with Crippen molar-refractivity contribution in [2.75, 3.05) is 34.4 Å². The molecule has 0 spiro atoms. The zero-order valence-electron chi connectivity index (χ0n) is 20.3. The maximum absolute atomic E-state index is 12.5. The number of rotatable bonds is 9. The van der Waals surface area contributed by atoms with Gasteiger partial charge in [-0.05, 0) is 35.2 Å². The maximum atomic E-state index is 12.5. The molecule has 35 heavy (non-hydrogen) atoms. The van der Waals surface area contributed by atoms with Crippen molar-refractivity contribution in [3.63, 3.8) is 0 Å². The second-order valence-electron chi connectivity index (χ2n) is 8.54. The summed E-state index contributed by atoms with van der Waals surface area (Å²) in [6, 6.07) is 15.1. The number of likely N-dealkylation sites (N-methyl/N-ethyl adjacent to an activating group) is 1. The van der Waals surface area contributed by atoms with E-state index in [-0.39, 0.29) is 23.7 Å². The van der Waals surface area contributed by atoms with E-state index in [0.717, 1.165) is 29.8 Å². The van der Waals surface area contributed by atoms with Crippen LogP contribution in [0.25, 0.3) is 0 Å². The van der Waals surface area contributed by atoms with E-state index in [4.69, 9.17) is 18.6 Å². The van der Waals surface area contributed by atoms with Gasteiger partial charge >= 0.3 is 0 Å². The molecular formula is C27H30N2O6. The van der Waals surface area contributed by atoms with Gasteiger partial charge in [-0.2, -0.15) is 0 Å². The lowest BCUT2D eigenvalue weighted by molar-refractivity contribution is -0.132. The fourth-order valence-electron chi connectivity index (χ4n) is 4.12. The second-order valence-corrected chi connectivity index (χ2v) is 8.54. The standard InChI is InChI=1S/C27H30N2O6/c1-28(14-19-7-5-4-6-8-19)27(31)18-35-26-17-34-22(13-23(26)30)16-29-10-9-20-11-24(32-2)25(33-3)12-21(20)15-29/h4-8,11-13,17H,9-10,14-16,18H2,1-3H3. The maximum Gasteiger partial charge on any atom is 0.260 e. The van der Waals surface area contributed by atoms with Crippen molar-refractivity contribution in [1.82, 2.24) is 9.80 Å². The van der Waals surface area contributed by atoms with Gasteiger partial charge in [0, 0.05) is 32.7 Å². The lowest BCUT2D eigenvalue weighted by atomic mass is 9.98. The van der Waals surface area contributed by atoms with Crippen molar-refractivity contribution < 1.29 is 23.4 Å². The molecule has 1 aromatic heterocycles. The Kier molecular flexibility index (Phi) is 7.72. The van der Waals surface area contributed by atoms with Crippen LogP contribution in [0.2, 0.25) is 0 Å². The first-order valence-corrected chi connectivity index (χ1v) is 11.5. The lowest BCUT2D eigenvalue weighted by Crippen LogP contribution is -2.32. The molecular weight excluding hydrogens is 448 g/mol. The third kappa shape index (κ3) is 6.02. The molecule has 0 bridgehead atoms. The zero-order chi connectivity index (χ0) is 24.8. The molecule has 0 atom stereocenters. The number of methoxy groups -OCH3 is 2. The minimum Gasteiger partial charge on any atom is -0.493 e. The lowest BCUT2D eigenvalue weighted by Gasteiger charge is -2.29. The van der Waals surface area contributed by atoms with Gasteiger partial charge in [0.25, 0.3) is 5.91 Å². The summed E-state index contributed by atoms with van der Waals surface area (Å²) in [7, 11) is 4.96. The molecule has 3 aromatic rings. The van der Waals surface area contributed by atoms with Gasteiger partial charge in [0.05, 0.1) is 20.8 Å². The molecule has 0 saturated heterocycles. The fourth-order valence-corrected chi connectivity index (χ4v) is 4.12. The van der Waals surface area contributed by atoms with Gasteiger partial charge in [-0.25, -0.2) is 0 Å². The van der Waals surface area contributed by atoms with E-state index in [1.165, 1.54) is 17.9 Å². The van der Waals surface area contributed by atoms with Crippen LogP contribution in [-0.2, 0) is 30.8 Å². The van der Waals surface area contributed by atoms with Crippen molar-refractivity contribution in [1.29, 1.82) is 0 Å². The van der Waals surface area contributed by atoms with Crippen LogP contribution in [0.1, 0.15) is 22.5 Å². The Morgan fingerprint density at radius 2 is 1.74 bits per heavy atom. The van der Waals surface area contributed by atoms with Crippen LogP contribution < -0.4 is 19.6 Å². The van der Waals surface area contributed by atoms with Crippen LogP contribution in [-0.4, -0.2) is 50.1 Å². The number of amides is 1. The molecule has 0 unspecified atom stereocenters. The summed E-state index contributed by atoms with van der Waals surface area (Å²) in [5.41, 5.74) is 3.10. The number of hydrogen-bond donors (Lipinski definition) is 0. The van der Waals surface area contributed by atoms with E-state index < -0.39 is 0 Å². The summed E-state index contributed by atoms with van der Waals surface area (Å²) in [5, 5.41) is 0. The number of carbonyl (C=O) groups excluding carboxylic acids is 1. The van der Waals surface area contributed by atoms with Gasteiger partial charge in [-0.1, -0.05) is 30.3 Å². The van der Waals surface area contributed by atoms with Crippen molar-refractivity contribution >= 4 is 5.91 Å². The molecule has 8 nitrogen and oxygen atoms in total. The van der Waals surface area contributed by atoms with Crippen molar-refractivity contribution in [2.45, 2.75) is 26.1 Å². The summed E-state index contributed by atoms with van der Waals surface area (Å²) >= 11 is 0. The monoisotopic (exact) mass is 478 g/mol. The molecule has 0 saturated carbocycles. The Morgan fingerprint density at radius 1 is 1.03 bits per heavy atom. The number of benzene rings is 2. The summed E-state index contributed by atoms with van der Waals surface area (Å²) < 4.78 is 21.9. The van der Waals surface area contributed by atoms with E-state index in [0.29, 0.717) is 31.1 Å². The molecule has 1 aliphatic rings. The van der Waals surface area contributed by atoms with Gasteiger partial charge in [0.2, 0.25) is 11.2 Å². The molecule has 2 heterocycles. The molecule has 2 aromatic carbocycles. The molecule has 1 aliphatic heterocycles. The topological polar surface area (TPSA) is 81.4 Å². The first kappa shape index (κ1) is 24.3. The van der Waals surface area contributed by atoms with Gasteiger partial charge in [0.1, 0.15) is 12.0 Å². The largest absolute Gasteiger partial charge is 0.493 e. The number of nitrogens with zero attached hydrogens (tertiary/aromatic N) is 2. The Hall–Kier alpha value is -3.78. The summed E-state index contributed by atoms with van der Waals surface area (Å²) in [5.74, 6) is 1.77. The molecule has 0 N–H and O–H groups in total. The highest BCUT2D eigenvalue weighted by Gasteiger charge is 2.21. The molecule has 8 heteroatoms. The summed E-state index contributed by atoms with van der Waals surface area (Å²) in [6.07, 6.45) is 2.15. The van der Waals surface area contributed by atoms with Crippen molar-refractivity contribution in [3.8, 4) is 17.2 Å². The van der Waals surface area contributed by atoms with Gasteiger partial charge in [0.15, 0.2) is 18.1 Å². The highest BCUT2D eigenvalue weighted by molar-refractivity contribution is 5.77. The van der Waals surface area contributed by atoms with Crippen LogP contribution in [0, 0.1) is 0 Å². The highest BCUT2D eigenvalue weighted by Crippen LogP contribution is 2.33. The van der Waals surface area contributed by atoms with E-state index >= 15 is 0 Å². The molecule has 1 amide bonds. The third-order valence-corrected chi connectivity index (χ3v) is 6.07. The first-order chi connectivity index (χ1) is 17.0. The van der Waals surface area contributed by atoms with E-state index in [1.807, 2.05) is 42.5 Å². The SMILES string of the molecule is COc1cc2c(cc1OC)CN(Cc1cc(=O)c(OCC(=O)N(C)Cc3ccccc3)co1)CC2. The van der Waals surface area contributed by atoms with Gasteiger partial charge < -0.3 is 23.5 Å². The quantitative estimate of drug-likeness (QED) is 0.467. The van der Waals surface area contributed by atoms with Gasteiger partial charge in [-0.15, -0.1) is 0 Å². The summed E-state index contributed by atoms with van der Waals surface area (Å²) in [4.78, 5) is 28.7. The summed E-state index contributed by atoms with van der Waals surface area (Å²) in [6.45, 7) is 2.25. The van der Waals surface area contributed by atoms with Crippen LogP contribution in [0.4, 0.5) is 0 Å². The molecule has 184 valence electrons. The molecule has 4 rings (SSSR count). The van der Waals surface area contributed by atoms with Gasteiger partial charge in [-0.3, -0.25) is 14.5 Å². The third-order valence-electron chi connectivity index (χ3n) is 6.07. The average Bonchev–Trinajstić information content (AvgIpc) is 2.87. The first-order valence-electron chi connectivity index (χ1n) is 11.5. The predicted octanol–water partition coefficient (Wildman–Crippen LogP) is 3.25. The number of hydrogen-bond acceptors (Lipinski definition) is 7. The van der Waals surface area contributed by atoms with E-state index in [1.54, 1.807) is 26.2 Å². The Morgan fingerprint density at radius 3 is 2.43 bits per heavy atom. The Bertz CT molecular complexity index is 1220. The minimum absolute atomic E-state index is 0.0241. The van der Waals surface area contributed by atoms with Crippen LogP contribution in [0.5, 0.6) is 17.2 Å². The van der Waals surface area contributed by atoms with Crippen LogP contribution in [0.3, 0.4) is 0 Å². The average molecular weight is 479 g/mol. The minimum atomic E-state index is -0.312. The fraction of sp³-hybridized carbons (Fsp3) is 0.333. The molecule has 0 fully saturated rings. The predicted molar refractivity (Wildman–Crippen MR) is 131 cm³/mol. The molecule has 0 radical (unpaired) electrons. The van der Waals surface area contributed by atoms with E-state index in [2.05, 4.69) is 4.90 Å². The smallest absolute Gasteiger partial charge is 0.260 e. The van der Waals surface area contributed by atoms with Crippen LogP contribution in [0.15, 0.2) is 64.0 Å².